The molecule has 6 nitrogen and oxygen atoms in total. The number of ether oxygens (including phenoxy) is 1. The van der Waals surface area contributed by atoms with Crippen LogP contribution in [0.1, 0.15) is 31.2 Å². The molecular formula is C17H10N2O4S2. The van der Waals surface area contributed by atoms with Crippen molar-refractivity contribution in [2.24, 2.45) is 0 Å². The average Bonchev–Trinajstić information content (AvgIpc) is 3.35. The number of carbonyl (C=O) groups is 3. The van der Waals surface area contributed by atoms with Gasteiger partial charge in [0.05, 0.1) is 11.1 Å². The molecule has 0 N–H and O–H groups in total. The molecule has 8 heteroatoms. The lowest BCUT2D eigenvalue weighted by atomic mass is 10.1. The molecule has 3 aromatic rings. The van der Waals surface area contributed by atoms with Crippen LogP contribution in [0.5, 0.6) is 0 Å². The van der Waals surface area contributed by atoms with Crippen molar-refractivity contribution in [3.05, 3.63) is 63.3 Å². The van der Waals surface area contributed by atoms with Gasteiger partial charge in [-0.05, 0) is 23.6 Å². The summed E-state index contributed by atoms with van der Waals surface area (Å²) < 4.78 is 5.11. The number of aromatic nitrogens is 1. The fraction of sp³-hybridized carbons (Fsp3) is 0.0588. The van der Waals surface area contributed by atoms with Crippen molar-refractivity contribution >= 4 is 40.5 Å². The lowest BCUT2D eigenvalue weighted by Crippen LogP contribution is -2.33. The van der Waals surface area contributed by atoms with Crippen LogP contribution in [-0.2, 0) is 4.74 Å². The molecule has 1 aliphatic heterocycles. The maximum Gasteiger partial charge on any atom is 0.359 e. The number of carbonyl (C=O) groups excluding carboxylic acids is 3. The Balaban J connectivity index is 1.45. The summed E-state index contributed by atoms with van der Waals surface area (Å²) >= 11 is 2.87. The Labute approximate surface area is 150 Å². The van der Waals surface area contributed by atoms with Gasteiger partial charge in [0, 0.05) is 16.3 Å². The van der Waals surface area contributed by atoms with E-state index in [2.05, 4.69) is 4.98 Å². The largest absolute Gasteiger partial charge is 0.439 e. The summed E-state index contributed by atoms with van der Waals surface area (Å²) in [7, 11) is 0. The minimum atomic E-state index is -0.672. The van der Waals surface area contributed by atoms with Crippen LogP contribution in [-0.4, -0.2) is 34.4 Å². The van der Waals surface area contributed by atoms with Gasteiger partial charge in [-0.1, -0.05) is 12.1 Å². The van der Waals surface area contributed by atoms with Crippen LogP contribution in [0.25, 0.3) is 10.6 Å². The molecule has 0 aliphatic carbocycles. The van der Waals surface area contributed by atoms with E-state index in [4.69, 9.17) is 4.74 Å². The summed E-state index contributed by atoms with van der Waals surface area (Å²) in [6.45, 7) is -0.434. The van der Waals surface area contributed by atoms with Gasteiger partial charge >= 0.3 is 5.97 Å². The minimum Gasteiger partial charge on any atom is -0.439 e. The van der Waals surface area contributed by atoms with Gasteiger partial charge in [-0.15, -0.1) is 11.3 Å². The predicted octanol–water partition coefficient (Wildman–Crippen LogP) is 3.28. The second kappa shape index (κ2) is 6.23. The zero-order chi connectivity index (χ0) is 17.4. The van der Waals surface area contributed by atoms with Gasteiger partial charge in [0.25, 0.3) is 11.8 Å². The number of thiophene rings is 1. The summed E-state index contributed by atoms with van der Waals surface area (Å²) in [5, 5.41) is 6.18. The van der Waals surface area contributed by atoms with E-state index >= 15 is 0 Å². The molecule has 4 rings (SSSR count). The number of hydrogen-bond donors (Lipinski definition) is 0. The number of imide groups is 1. The summed E-state index contributed by atoms with van der Waals surface area (Å²) in [6.07, 6.45) is 0. The van der Waals surface area contributed by atoms with Crippen LogP contribution in [0.3, 0.4) is 0 Å². The van der Waals surface area contributed by atoms with Crippen molar-refractivity contribution in [2.75, 3.05) is 6.73 Å². The van der Waals surface area contributed by atoms with Crippen molar-refractivity contribution in [1.82, 2.24) is 9.88 Å². The number of benzene rings is 1. The monoisotopic (exact) mass is 370 g/mol. The molecule has 3 heterocycles. The third-order valence-electron chi connectivity index (χ3n) is 3.68. The van der Waals surface area contributed by atoms with Crippen LogP contribution in [0.15, 0.2) is 46.5 Å². The molecule has 0 atom stereocenters. The Kier molecular flexibility index (Phi) is 3.90. The summed E-state index contributed by atoms with van der Waals surface area (Å²) in [4.78, 5) is 41.7. The topological polar surface area (TPSA) is 76.6 Å². The molecule has 1 aromatic carbocycles. The van der Waals surface area contributed by atoms with Gasteiger partial charge in [-0.3, -0.25) is 9.59 Å². The highest BCUT2D eigenvalue weighted by Crippen LogP contribution is 2.26. The molecule has 0 saturated heterocycles. The van der Waals surface area contributed by atoms with Crippen molar-refractivity contribution < 1.29 is 19.1 Å². The Morgan fingerprint density at radius 3 is 2.44 bits per heavy atom. The Morgan fingerprint density at radius 1 is 1.08 bits per heavy atom. The second-order valence-electron chi connectivity index (χ2n) is 5.19. The standard InChI is InChI=1S/C17H10N2O4S2/c20-15-11-3-1-2-4-12(11)16(21)19(15)9-23-17(22)13-8-25-14(18-13)10-5-6-24-7-10/h1-8H,9H2. The fourth-order valence-electron chi connectivity index (χ4n) is 2.44. The van der Waals surface area contributed by atoms with Crippen molar-refractivity contribution in [3.63, 3.8) is 0 Å². The Hall–Kier alpha value is -2.84. The van der Waals surface area contributed by atoms with E-state index in [9.17, 15) is 14.4 Å². The number of hydrogen-bond acceptors (Lipinski definition) is 7. The molecule has 0 saturated carbocycles. The van der Waals surface area contributed by atoms with Crippen LogP contribution < -0.4 is 0 Å². The summed E-state index contributed by atoms with van der Waals surface area (Å²) in [5.41, 5.74) is 1.73. The Bertz CT molecular complexity index is 943. The lowest BCUT2D eigenvalue weighted by molar-refractivity contribution is 0.0224. The molecule has 2 aromatic heterocycles. The summed E-state index contributed by atoms with van der Waals surface area (Å²) in [5.74, 6) is -1.61. The smallest absolute Gasteiger partial charge is 0.359 e. The number of rotatable bonds is 4. The molecule has 124 valence electrons. The number of nitrogens with zero attached hydrogens (tertiary/aromatic N) is 2. The van der Waals surface area contributed by atoms with Crippen LogP contribution in [0.2, 0.25) is 0 Å². The van der Waals surface area contributed by atoms with Gasteiger partial charge in [-0.2, -0.15) is 11.3 Å². The van der Waals surface area contributed by atoms with Gasteiger partial charge in [-0.25, -0.2) is 14.7 Å². The third kappa shape index (κ3) is 2.75. The SMILES string of the molecule is O=C(OCN1C(=O)c2ccccc2C1=O)c1csc(-c2ccsc2)n1. The second-order valence-corrected chi connectivity index (χ2v) is 6.83. The highest BCUT2D eigenvalue weighted by Gasteiger charge is 2.35. The zero-order valence-electron chi connectivity index (χ0n) is 12.7. The normalized spacial score (nSPS) is 13.2. The van der Waals surface area contributed by atoms with Gasteiger partial charge in [0.2, 0.25) is 0 Å². The minimum absolute atomic E-state index is 0.155. The van der Waals surface area contributed by atoms with E-state index in [1.165, 1.54) is 11.3 Å². The number of amides is 2. The van der Waals surface area contributed by atoms with E-state index in [0.29, 0.717) is 16.1 Å². The van der Waals surface area contributed by atoms with Gasteiger partial charge < -0.3 is 4.74 Å². The maximum atomic E-state index is 12.2. The molecule has 0 bridgehead atoms. The molecule has 0 unspecified atom stereocenters. The van der Waals surface area contributed by atoms with Crippen LogP contribution >= 0.6 is 22.7 Å². The zero-order valence-corrected chi connectivity index (χ0v) is 14.3. The quantitative estimate of drug-likeness (QED) is 0.520. The molecular weight excluding hydrogens is 360 g/mol. The molecule has 1 aliphatic rings. The van der Waals surface area contributed by atoms with E-state index in [1.807, 2.05) is 16.8 Å². The van der Waals surface area contributed by atoms with Crippen LogP contribution in [0, 0.1) is 0 Å². The fourth-order valence-corrected chi connectivity index (χ4v) is 3.94. The molecule has 0 fully saturated rings. The predicted molar refractivity (Wildman–Crippen MR) is 92.7 cm³/mol. The van der Waals surface area contributed by atoms with E-state index in [-0.39, 0.29) is 5.69 Å². The van der Waals surface area contributed by atoms with Gasteiger partial charge in [0.15, 0.2) is 12.4 Å². The highest BCUT2D eigenvalue weighted by molar-refractivity contribution is 7.14. The number of esters is 1. The maximum absolute atomic E-state index is 12.2. The van der Waals surface area contributed by atoms with Crippen LogP contribution in [0.4, 0.5) is 0 Å². The summed E-state index contributed by atoms with van der Waals surface area (Å²) in [6, 6.07) is 8.43. The molecule has 25 heavy (non-hydrogen) atoms. The molecule has 2 amide bonds. The van der Waals surface area contributed by atoms with Crippen molar-refractivity contribution in [2.45, 2.75) is 0 Å². The van der Waals surface area contributed by atoms with Crippen molar-refractivity contribution in [1.29, 1.82) is 0 Å². The number of fused-ring (bicyclic) bond motifs is 1. The first-order valence-corrected chi connectivity index (χ1v) is 9.08. The number of thiazole rings is 1. The van der Waals surface area contributed by atoms with E-state index < -0.39 is 24.5 Å². The van der Waals surface area contributed by atoms with E-state index in [0.717, 1.165) is 10.5 Å². The molecule has 0 radical (unpaired) electrons. The third-order valence-corrected chi connectivity index (χ3v) is 5.26. The first kappa shape index (κ1) is 15.7. The van der Waals surface area contributed by atoms with Gasteiger partial charge in [0.1, 0.15) is 5.01 Å². The highest BCUT2D eigenvalue weighted by atomic mass is 32.1. The Morgan fingerprint density at radius 2 is 1.80 bits per heavy atom. The molecule has 0 spiro atoms. The lowest BCUT2D eigenvalue weighted by Gasteiger charge is -2.13. The van der Waals surface area contributed by atoms with E-state index in [1.54, 1.807) is 41.0 Å². The first-order valence-electron chi connectivity index (χ1n) is 7.25. The first-order chi connectivity index (χ1) is 12.1. The van der Waals surface area contributed by atoms with Crippen molar-refractivity contribution in [3.8, 4) is 10.6 Å². The average molecular weight is 370 g/mol.